The van der Waals surface area contributed by atoms with E-state index >= 15 is 0 Å². The molecular formula is C24H26N4O2. The van der Waals surface area contributed by atoms with Crippen LogP contribution in [0.15, 0.2) is 54.6 Å². The lowest BCUT2D eigenvalue weighted by atomic mass is 10.1. The number of piperazine rings is 1. The minimum Gasteiger partial charge on any atom is -0.439 e. The average molecular weight is 402 g/mol. The number of benzene rings is 2. The van der Waals surface area contributed by atoms with Gasteiger partial charge in [0.1, 0.15) is 17.4 Å². The zero-order valence-corrected chi connectivity index (χ0v) is 17.6. The molecule has 0 saturated carbocycles. The zero-order chi connectivity index (χ0) is 21.1. The van der Waals surface area contributed by atoms with Gasteiger partial charge in [0.15, 0.2) is 0 Å². The van der Waals surface area contributed by atoms with E-state index in [0.717, 1.165) is 35.8 Å². The summed E-state index contributed by atoms with van der Waals surface area (Å²) < 4.78 is 5.93. The van der Waals surface area contributed by atoms with Crippen molar-refractivity contribution in [1.29, 1.82) is 0 Å². The first-order chi connectivity index (χ1) is 14.5. The SMILES string of the molecule is Cc1ccc(Oc2cc(N3CCN(C(=O)c4ccccc4C)CC3)nc(C)n2)cc1. The Morgan fingerprint density at radius 1 is 0.900 bits per heavy atom. The number of ether oxygens (including phenoxy) is 1. The van der Waals surface area contributed by atoms with E-state index in [1.165, 1.54) is 5.56 Å². The fourth-order valence-electron chi connectivity index (χ4n) is 3.59. The molecule has 30 heavy (non-hydrogen) atoms. The van der Waals surface area contributed by atoms with Crippen molar-refractivity contribution in [3.05, 3.63) is 77.1 Å². The Kier molecular flexibility index (Phi) is 5.65. The summed E-state index contributed by atoms with van der Waals surface area (Å²) in [4.78, 5) is 26.0. The van der Waals surface area contributed by atoms with E-state index in [0.29, 0.717) is 24.8 Å². The van der Waals surface area contributed by atoms with E-state index in [2.05, 4.69) is 14.9 Å². The van der Waals surface area contributed by atoms with E-state index < -0.39 is 0 Å². The maximum absolute atomic E-state index is 12.9. The molecule has 2 heterocycles. The molecule has 6 heteroatoms. The van der Waals surface area contributed by atoms with Crippen LogP contribution in [0.4, 0.5) is 5.82 Å². The third-order valence-corrected chi connectivity index (χ3v) is 5.31. The Morgan fingerprint density at radius 2 is 1.60 bits per heavy atom. The van der Waals surface area contributed by atoms with Gasteiger partial charge in [-0.1, -0.05) is 35.9 Å². The smallest absolute Gasteiger partial charge is 0.254 e. The predicted molar refractivity (Wildman–Crippen MR) is 117 cm³/mol. The molecule has 1 aromatic heterocycles. The van der Waals surface area contributed by atoms with E-state index in [1.54, 1.807) is 0 Å². The number of hydrogen-bond acceptors (Lipinski definition) is 5. The fourth-order valence-corrected chi connectivity index (χ4v) is 3.59. The number of amides is 1. The van der Waals surface area contributed by atoms with Crippen molar-refractivity contribution in [3.63, 3.8) is 0 Å². The summed E-state index contributed by atoms with van der Waals surface area (Å²) in [5.41, 5.74) is 2.96. The Balaban J connectivity index is 1.44. The minimum absolute atomic E-state index is 0.0926. The summed E-state index contributed by atoms with van der Waals surface area (Å²) >= 11 is 0. The van der Waals surface area contributed by atoms with E-state index in [4.69, 9.17) is 4.74 Å². The second kappa shape index (κ2) is 8.53. The van der Waals surface area contributed by atoms with Gasteiger partial charge >= 0.3 is 0 Å². The van der Waals surface area contributed by atoms with Crippen molar-refractivity contribution in [2.45, 2.75) is 20.8 Å². The van der Waals surface area contributed by atoms with Crippen LogP contribution < -0.4 is 9.64 Å². The fraction of sp³-hybridized carbons (Fsp3) is 0.292. The molecule has 0 spiro atoms. The monoisotopic (exact) mass is 402 g/mol. The highest BCUT2D eigenvalue weighted by Gasteiger charge is 2.24. The molecule has 6 nitrogen and oxygen atoms in total. The molecule has 1 aliphatic heterocycles. The first-order valence-corrected chi connectivity index (χ1v) is 10.2. The van der Waals surface area contributed by atoms with E-state index in [-0.39, 0.29) is 5.91 Å². The average Bonchev–Trinajstić information content (AvgIpc) is 2.75. The van der Waals surface area contributed by atoms with Gasteiger partial charge in [-0.3, -0.25) is 4.79 Å². The molecule has 1 fully saturated rings. The summed E-state index contributed by atoms with van der Waals surface area (Å²) in [5.74, 6) is 2.86. The molecule has 2 aromatic carbocycles. The van der Waals surface area contributed by atoms with Crippen molar-refractivity contribution in [2.24, 2.45) is 0 Å². The number of aryl methyl sites for hydroxylation is 3. The van der Waals surface area contributed by atoms with Crippen LogP contribution in [0.2, 0.25) is 0 Å². The van der Waals surface area contributed by atoms with Gasteiger partial charge in [-0.05, 0) is 44.5 Å². The molecule has 0 N–H and O–H groups in total. The maximum Gasteiger partial charge on any atom is 0.254 e. The molecule has 3 aromatic rings. The van der Waals surface area contributed by atoms with E-state index in [1.807, 2.05) is 80.3 Å². The molecule has 4 rings (SSSR count). The molecule has 1 saturated heterocycles. The van der Waals surface area contributed by atoms with Gasteiger partial charge in [0, 0.05) is 37.8 Å². The summed E-state index contributed by atoms with van der Waals surface area (Å²) in [6, 6.07) is 17.5. The van der Waals surface area contributed by atoms with Crippen LogP contribution in [-0.2, 0) is 0 Å². The van der Waals surface area contributed by atoms with Gasteiger partial charge in [0.05, 0.1) is 0 Å². The Bertz CT molecular complexity index is 1040. The Morgan fingerprint density at radius 3 is 2.30 bits per heavy atom. The summed E-state index contributed by atoms with van der Waals surface area (Å²) in [6.45, 7) is 8.64. The normalized spacial score (nSPS) is 14.0. The first kappa shape index (κ1) is 19.9. The van der Waals surface area contributed by atoms with Crippen molar-refractivity contribution >= 4 is 11.7 Å². The third kappa shape index (κ3) is 4.43. The van der Waals surface area contributed by atoms with Gasteiger partial charge in [0.25, 0.3) is 5.91 Å². The van der Waals surface area contributed by atoms with Crippen LogP contribution in [0.25, 0.3) is 0 Å². The maximum atomic E-state index is 12.9. The summed E-state index contributed by atoms with van der Waals surface area (Å²) in [5, 5.41) is 0. The van der Waals surface area contributed by atoms with Crippen molar-refractivity contribution in [2.75, 3.05) is 31.1 Å². The number of carbonyl (C=O) groups excluding carboxylic acids is 1. The first-order valence-electron chi connectivity index (χ1n) is 10.2. The van der Waals surface area contributed by atoms with Crippen LogP contribution in [0.1, 0.15) is 27.3 Å². The van der Waals surface area contributed by atoms with Gasteiger partial charge in [-0.15, -0.1) is 0 Å². The molecule has 1 aliphatic rings. The second-order valence-electron chi connectivity index (χ2n) is 7.62. The van der Waals surface area contributed by atoms with Crippen LogP contribution in [-0.4, -0.2) is 47.0 Å². The van der Waals surface area contributed by atoms with E-state index in [9.17, 15) is 4.79 Å². The van der Waals surface area contributed by atoms with Crippen molar-refractivity contribution in [1.82, 2.24) is 14.9 Å². The van der Waals surface area contributed by atoms with Gasteiger partial charge in [-0.25, -0.2) is 4.98 Å². The lowest BCUT2D eigenvalue weighted by Crippen LogP contribution is -2.49. The van der Waals surface area contributed by atoms with Gasteiger partial charge in [-0.2, -0.15) is 4.98 Å². The lowest BCUT2D eigenvalue weighted by molar-refractivity contribution is 0.0745. The van der Waals surface area contributed by atoms with Crippen molar-refractivity contribution in [3.8, 4) is 11.6 Å². The molecule has 0 atom stereocenters. The summed E-state index contributed by atoms with van der Waals surface area (Å²) in [6.07, 6.45) is 0. The quantitative estimate of drug-likeness (QED) is 0.656. The molecule has 1 amide bonds. The molecule has 0 bridgehead atoms. The number of aromatic nitrogens is 2. The number of hydrogen-bond donors (Lipinski definition) is 0. The van der Waals surface area contributed by atoms with Crippen LogP contribution in [0.5, 0.6) is 11.6 Å². The van der Waals surface area contributed by atoms with Crippen LogP contribution in [0, 0.1) is 20.8 Å². The largest absolute Gasteiger partial charge is 0.439 e. The third-order valence-electron chi connectivity index (χ3n) is 5.31. The zero-order valence-electron chi connectivity index (χ0n) is 17.6. The summed E-state index contributed by atoms with van der Waals surface area (Å²) in [7, 11) is 0. The molecule has 0 aliphatic carbocycles. The minimum atomic E-state index is 0.0926. The number of anilines is 1. The van der Waals surface area contributed by atoms with Gasteiger partial charge < -0.3 is 14.5 Å². The van der Waals surface area contributed by atoms with Crippen LogP contribution in [0.3, 0.4) is 0 Å². The number of nitrogens with zero attached hydrogens (tertiary/aromatic N) is 4. The number of carbonyl (C=O) groups is 1. The molecule has 154 valence electrons. The highest BCUT2D eigenvalue weighted by atomic mass is 16.5. The second-order valence-corrected chi connectivity index (χ2v) is 7.62. The van der Waals surface area contributed by atoms with Crippen molar-refractivity contribution < 1.29 is 9.53 Å². The topological polar surface area (TPSA) is 58.6 Å². The molecule has 0 radical (unpaired) electrons. The Hall–Kier alpha value is -3.41. The van der Waals surface area contributed by atoms with Crippen LogP contribution >= 0.6 is 0 Å². The van der Waals surface area contributed by atoms with Gasteiger partial charge in [0.2, 0.25) is 5.88 Å². The predicted octanol–water partition coefficient (Wildman–Crippen LogP) is 4.16. The molecular weight excluding hydrogens is 376 g/mol. The highest BCUT2D eigenvalue weighted by molar-refractivity contribution is 5.95. The lowest BCUT2D eigenvalue weighted by Gasteiger charge is -2.35. The standard InChI is InChI=1S/C24H26N4O2/c1-17-8-10-20(11-9-17)30-23-16-22(25-19(3)26-23)27-12-14-28(15-13-27)24(29)21-7-5-4-6-18(21)2/h4-11,16H,12-15H2,1-3H3. The Labute approximate surface area is 177 Å². The molecule has 0 unspecified atom stereocenters. The number of rotatable bonds is 4. The highest BCUT2D eigenvalue weighted by Crippen LogP contribution is 2.24.